The summed E-state index contributed by atoms with van der Waals surface area (Å²) in [4.78, 5) is 4.29. The first-order valence-electron chi connectivity index (χ1n) is 6.14. The summed E-state index contributed by atoms with van der Waals surface area (Å²) in [6, 6.07) is 9.53. The standard InChI is InChI=1S/C15H10BrFN2O2/c1-8-6-10(3-5-13(8)20)15-18-14(19-21-15)9-2-4-12(17)11(16)7-9/h2-7,20H,1H3. The molecule has 0 atom stereocenters. The summed E-state index contributed by atoms with van der Waals surface area (Å²) in [5.41, 5.74) is 2.08. The van der Waals surface area contributed by atoms with Gasteiger partial charge in [-0.3, -0.25) is 0 Å². The van der Waals surface area contributed by atoms with Gasteiger partial charge in [-0.2, -0.15) is 4.98 Å². The predicted octanol–water partition coefficient (Wildman–Crippen LogP) is 4.32. The minimum absolute atomic E-state index is 0.209. The number of nitrogens with zero attached hydrogens (tertiary/aromatic N) is 2. The molecule has 2 aromatic carbocycles. The smallest absolute Gasteiger partial charge is 0.258 e. The summed E-state index contributed by atoms with van der Waals surface area (Å²) in [5, 5.41) is 13.4. The summed E-state index contributed by atoms with van der Waals surface area (Å²) in [5.74, 6) is 0.572. The van der Waals surface area contributed by atoms with Gasteiger partial charge in [-0.1, -0.05) is 5.16 Å². The maximum atomic E-state index is 13.2. The van der Waals surface area contributed by atoms with Crippen molar-refractivity contribution in [2.24, 2.45) is 0 Å². The molecule has 0 aliphatic carbocycles. The second kappa shape index (κ2) is 5.29. The van der Waals surface area contributed by atoms with E-state index in [4.69, 9.17) is 4.52 Å². The molecule has 6 heteroatoms. The van der Waals surface area contributed by atoms with Gasteiger partial charge in [0.2, 0.25) is 5.82 Å². The van der Waals surface area contributed by atoms with E-state index in [1.54, 1.807) is 37.3 Å². The van der Waals surface area contributed by atoms with Crippen molar-refractivity contribution in [3.05, 3.63) is 52.3 Å². The van der Waals surface area contributed by atoms with E-state index in [0.717, 1.165) is 5.56 Å². The lowest BCUT2D eigenvalue weighted by Gasteiger charge is -1.99. The van der Waals surface area contributed by atoms with Crippen LogP contribution in [0.15, 0.2) is 45.4 Å². The van der Waals surface area contributed by atoms with E-state index in [-0.39, 0.29) is 11.6 Å². The Morgan fingerprint density at radius 1 is 1.14 bits per heavy atom. The summed E-state index contributed by atoms with van der Waals surface area (Å²) < 4.78 is 18.8. The Morgan fingerprint density at radius 3 is 2.62 bits per heavy atom. The number of hydrogen-bond acceptors (Lipinski definition) is 4. The SMILES string of the molecule is Cc1cc(-c2nc(-c3ccc(F)c(Br)c3)no2)ccc1O. The zero-order chi connectivity index (χ0) is 15.0. The molecule has 21 heavy (non-hydrogen) atoms. The molecule has 0 fully saturated rings. The molecule has 4 nitrogen and oxygen atoms in total. The molecule has 0 radical (unpaired) electrons. The van der Waals surface area contributed by atoms with E-state index in [1.807, 2.05) is 0 Å². The van der Waals surface area contributed by atoms with Crippen molar-refractivity contribution >= 4 is 15.9 Å². The van der Waals surface area contributed by atoms with E-state index < -0.39 is 0 Å². The van der Waals surface area contributed by atoms with Gasteiger partial charge >= 0.3 is 0 Å². The molecule has 3 rings (SSSR count). The Balaban J connectivity index is 1.99. The van der Waals surface area contributed by atoms with Crippen LogP contribution in [0.3, 0.4) is 0 Å². The van der Waals surface area contributed by atoms with Gasteiger partial charge in [-0.25, -0.2) is 4.39 Å². The average molecular weight is 349 g/mol. The van der Waals surface area contributed by atoms with Crippen LogP contribution in [0.2, 0.25) is 0 Å². The highest BCUT2D eigenvalue weighted by Crippen LogP contribution is 2.27. The molecule has 106 valence electrons. The third-order valence-corrected chi connectivity index (χ3v) is 3.66. The van der Waals surface area contributed by atoms with E-state index in [2.05, 4.69) is 26.1 Å². The second-order valence-electron chi connectivity index (χ2n) is 4.55. The van der Waals surface area contributed by atoms with Crippen LogP contribution in [0.4, 0.5) is 4.39 Å². The molecule has 0 aliphatic heterocycles. The number of benzene rings is 2. The lowest BCUT2D eigenvalue weighted by Crippen LogP contribution is -1.84. The van der Waals surface area contributed by atoms with Crippen LogP contribution >= 0.6 is 15.9 Å². The summed E-state index contributed by atoms with van der Waals surface area (Å²) in [6.07, 6.45) is 0. The fourth-order valence-corrected chi connectivity index (χ4v) is 2.26. The van der Waals surface area contributed by atoms with Crippen molar-refractivity contribution in [1.82, 2.24) is 10.1 Å². The first-order valence-corrected chi connectivity index (χ1v) is 6.93. The molecule has 0 unspecified atom stereocenters. The van der Waals surface area contributed by atoms with Crippen molar-refractivity contribution in [2.75, 3.05) is 0 Å². The van der Waals surface area contributed by atoms with Gasteiger partial charge in [0.05, 0.1) is 4.47 Å². The fraction of sp³-hybridized carbons (Fsp3) is 0.0667. The van der Waals surface area contributed by atoms with Crippen LogP contribution in [0, 0.1) is 12.7 Å². The van der Waals surface area contributed by atoms with Crippen LogP contribution in [0.25, 0.3) is 22.8 Å². The molecule has 1 heterocycles. The first-order chi connectivity index (χ1) is 10.0. The van der Waals surface area contributed by atoms with Crippen LogP contribution < -0.4 is 0 Å². The van der Waals surface area contributed by atoms with Crippen LogP contribution in [-0.2, 0) is 0 Å². The second-order valence-corrected chi connectivity index (χ2v) is 5.41. The lowest BCUT2D eigenvalue weighted by atomic mass is 10.1. The first kappa shape index (κ1) is 13.8. The molecule has 0 saturated carbocycles. The Hall–Kier alpha value is -2.21. The minimum Gasteiger partial charge on any atom is -0.508 e. The topological polar surface area (TPSA) is 59.2 Å². The number of aromatic nitrogens is 2. The maximum absolute atomic E-state index is 13.2. The van der Waals surface area contributed by atoms with Gasteiger partial charge in [0.25, 0.3) is 5.89 Å². The van der Waals surface area contributed by atoms with E-state index in [1.165, 1.54) is 6.07 Å². The third-order valence-electron chi connectivity index (χ3n) is 3.05. The summed E-state index contributed by atoms with van der Waals surface area (Å²) in [6.45, 7) is 1.78. The predicted molar refractivity (Wildman–Crippen MR) is 79.2 cm³/mol. The van der Waals surface area contributed by atoms with Crippen molar-refractivity contribution in [1.29, 1.82) is 0 Å². The Morgan fingerprint density at radius 2 is 1.90 bits per heavy atom. The van der Waals surface area contributed by atoms with Crippen molar-refractivity contribution in [2.45, 2.75) is 6.92 Å². The van der Waals surface area contributed by atoms with Gasteiger partial charge in [0, 0.05) is 11.1 Å². The molecule has 0 saturated heterocycles. The normalized spacial score (nSPS) is 10.8. The molecule has 0 aliphatic rings. The highest BCUT2D eigenvalue weighted by Gasteiger charge is 2.12. The molecule has 1 N–H and O–H groups in total. The van der Waals surface area contributed by atoms with Gasteiger partial charge in [-0.05, 0) is 64.8 Å². The quantitative estimate of drug-likeness (QED) is 0.749. The zero-order valence-corrected chi connectivity index (χ0v) is 12.6. The molecular formula is C15H10BrFN2O2. The van der Waals surface area contributed by atoms with Crippen LogP contribution in [0.1, 0.15) is 5.56 Å². The van der Waals surface area contributed by atoms with E-state index in [9.17, 15) is 9.50 Å². The largest absolute Gasteiger partial charge is 0.508 e. The molecule has 0 amide bonds. The Labute approximate surface area is 128 Å². The van der Waals surface area contributed by atoms with Gasteiger partial charge in [0.15, 0.2) is 0 Å². The van der Waals surface area contributed by atoms with Gasteiger partial charge in [-0.15, -0.1) is 0 Å². The van der Waals surface area contributed by atoms with Crippen molar-refractivity contribution < 1.29 is 14.0 Å². The molecule has 1 aromatic heterocycles. The Bertz CT molecular complexity index is 751. The number of phenolic OH excluding ortho intramolecular Hbond substituents is 1. The highest BCUT2D eigenvalue weighted by molar-refractivity contribution is 9.10. The highest BCUT2D eigenvalue weighted by atomic mass is 79.9. The number of hydrogen-bond donors (Lipinski definition) is 1. The van der Waals surface area contributed by atoms with Crippen molar-refractivity contribution in [3.8, 4) is 28.6 Å². The summed E-state index contributed by atoms with van der Waals surface area (Å²) >= 11 is 3.12. The van der Waals surface area contributed by atoms with Crippen LogP contribution in [0.5, 0.6) is 5.75 Å². The zero-order valence-electron chi connectivity index (χ0n) is 11.0. The average Bonchev–Trinajstić information content (AvgIpc) is 2.94. The van der Waals surface area contributed by atoms with Gasteiger partial charge < -0.3 is 9.63 Å². The molecule has 0 spiro atoms. The minimum atomic E-state index is -0.350. The lowest BCUT2D eigenvalue weighted by molar-refractivity contribution is 0.432. The van der Waals surface area contributed by atoms with Gasteiger partial charge in [0.1, 0.15) is 11.6 Å². The third kappa shape index (κ3) is 2.67. The summed E-state index contributed by atoms with van der Waals surface area (Å²) in [7, 11) is 0. The van der Waals surface area contributed by atoms with Crippen LogP contribution in [-0.4, -0.2) is 15.2 Å². The Kier molecular flexibility index (Phi) is 3.47. The maximum Gasteiger partial charge on any atom is 0.258 e. The van der Waals surface area contributed by atoms with E-state index >= 15 is 0 Å². The molecule has 0 bridgehead atoms. The monoisotopic (exact) mass is 348 g/mol. The fourth-order valence-electron chi connectivity index (χ4n) is 1.88. The number of phenols is 1. The van der Waals surface area contributed by atoms with Crippen molar-refractivity contribution in [3.63, 3.8) is 0 Å². The molecular weight excluding hydrogens is 339 g/mol. The number of aromatic hydroxyl groups is 1. The van der Waals surface area contributed by atoms with E-state index in [0.29, 0.717) is 27.3 Å². The number of halogens is 2. The molecule has 3 aromatic rings. The number of aryl methyl sites for hydroxylation is 1. The number of rotatable bonds is 2.